The number of benzene rings is 1. The summed E-state index contributed by atoms with van der Waals surface area (Å²) in [7, 11) is 0. The molecule has 1 rings (SSSR count). The first kappa shape index (κ1) is 10.5. The molecule has 0 saturated heterocycles. The molecule has 0 aliphatic rings. The molecule has 3 heteroatoms. The summed E-state index contributed by atoms with van der Waals surface area (Å²) in [4.78, 5) is 0. The summed E-state index contributed by atoms with van der Waals surface area (Å²) >= 11 is 5.74. The van der Waals surface area contributed by atoms with E-state index >= 15 is 0 Å². The molecule has 72 valence electrons. The molecule has 0 spiro atoms. The monoisotopic (exact) mass is 199 g/mol. The van der Waals surface area contributed by atoms with Gasteiger partial charge >= 0.3 is 0 Å². The van der Waals surface area contributed by atoms with Gasteiger partial charge in [0, 0.05) is 10.6 Å². The van der Waals surface area contributed by atoms with Gasteiger partial charge in [0.1, 0.15) is 0 Å². The van der Waals surface area contributed by atoms with Gasteiger partial charge in [-0.05, 0) is 31.0 Å². The molecule has 1 atom stereocenters. The van der Waals surface area contributed by atoms with Crippen molar-refractivity contribution in [3.63, 3.8) is 0 Å². The van der Waals surface area contributed by atoms with Crippen LogP contribution in [0, 0.1) is 0 Å². The average Bonchev–Trinajstić information content (AvgIpc) is 2.09. The van der Waals surface area contributed by atoms with Gasteiger partial charge in [0.05, 0.1) is 6.61 Å². The first-order chi connectivity index (χ1) is 6.03. The van der Waals surface area contributed by atoms with Gasteiger partial charge in [0.15, 0.2) is 0 Å². The first-order valence-corrected chi connectivity index (χ1v) is 4.55. The molecule has 0 aromatic heterocycles. The molecular weight excluding hydrogens is 186 g/mol. The van der Waals surface area contributed by atoms with Gasteiger partial charge in [-0.1, -0.05) is 23.7 Å². The van der Waals surface area contributed by atoms with Crippen LogP contribution in [0.3, 0.4) is 0 Å². The molecule has 0 saturated carbocycles. The fourth-order valence-corrected chi connectivity index (χ4v) is 1.25. The van der Waals surface area contributed by atoms with Crippen molar-refractivity contribution in [3.05, 3.63) is 34.9 Å². The molecule has 2 nitrogen and oxygen atoms in total. The van der Waals surface area contributed by atoms with Crippen LogP contribution in [0.1, 0.15) is 12.5 Å². The van der Waals surface area contributed by atoms with E-state index in [0.717, 1.165) is 5.56 Å². The normalized spacial score (nSPS) is 15.4. The lowest BCUT2D eigenvalue weighted by atomic mass is 9.95. The van der Waals surface area contributed by atoms with Crippen LogP contribution in [0.4, 0.5) is 0 Å². The Morgan fingerprint density at radius 2 is 1.92 bits per heavy atom. The third-order valence-corrected chi connectivity index (χ3v) is 2.13. The molecule has 3 N–H and O–H groups in total. The van der Waals surface area contributed by atoms with E-state index in [2.05, 4.69) is 0 Å². The Balaban J connectivity index is 2.69. The predicted molar refractivity (Wildman–Crippen MR) is 54.8 cm³/mol. The van der Waals surface area contributed by atoms with Crippen molar-refractivity contribution < 1.29 is 5.11 Å². The minimum Gasteiger partial charge on any atom is -0.394 e. The van der Waals surface area contributed by atoms with Crippen LogP contribution in [0.25, 0.3) is 0 Å². The van der Waals surface area contributed by atoms with Gasteiger partial charge in [0.2, 0.25) is 0 Å². The molecule has 1 aromatic rings. The van der Waals surface area contributed by atoms with Crippen LogP contribution < -0.4 is 5.73 Å². The fourth-order valence-electron chi connectivity index (χ4n) is 1.12. The summed E-state index contributed by atoms with van der Waals surface area (Å²) in [5.41, 5.74) is 6.34. The highest BCUT2D eigenvalue weighted by atomic mass is 35.5. The summed E-state index contributed by atoms with van der Waals surface area (Å²) in [6.45, 7) is 1.80. The summed E-state index contributed by atoms with van der Waals surface area (Å²) < 4.78 is 0. The molecule has 0 fully saturated rings. The largest absolute Gasteiger partial charge is 0.394 e. The van der Waals surface area contributed by atoms with E-state index in [1.807, 2.05) is 31.2 Å². The van der Waals surface area contributed by atoms with Gasteiger partial charge < -0.3 is 10.8 Å². The number of nitrogens with two attached hydrogens (primary N) is 1. The van der Waals surface area contributed by atoms with Crippen molar-refractivity contribution in [2.45, 2.75) is 18.9 Å². The summed E-state index contributed by atoms with van der Waals surface area (Å²) in [5.74, 6) is 0. The molecular formula is C10H14ClNO. The van der Waals surface area contributed by atoms with Crippen molar-refractivity contribution >= 4 is 11.6 Å². The highest BCUT2D eigenvalue weighted by Crippen LogP contribution is 2.13. The lowest BCUT2D eigenvalue weighted by Crippen LogP contribution is -2.42. The maximum Gasteiger partial charge on any atom is 0.0611 e. The van der Waals surface area contributed by atoms with E-state index in [-0.39, 0.29) is 6.61 Å². The molecule has 0 heterocycles. The Morgan fingerprint density at radius 1 is 1.38 bits per heavy atom. The zero-order chi connectivity index (χ0) is 9.90. The number of hydrogen-bond donors (Lipinski definition) is 2. The molecule has 0 bridgehead atoms. The quantitative estimate of drug-likeness (QED) is 0.777. The minimum atomic E-state index is -0.548. The van der Waals surface area contributed by atoms with Gasteiger partial charge in [0.25, 0.3) is 0 Å². The number of aliphatic hydroxyl groups excluding tert-OH is 1. The van der Waals surface area contributed by atoms with E-state index in [1.165, 1.54) is 0 Å². The number of halogens is 1. The maximum atomic E-state index is 8.96. The Labute approximate surface area is 83.3 Å². The SMILES string of the molecule is CC(N)(CO)Cc1ccc(Cl)cc1. The molecule has 0 amide bonds. The topological polar surface area (TPSA) is 46.2 Å². The highest BCUT2D eigenvalue weighted by Gasteiger charge is 2.17. The maximum absolute atomic E-state index is 8.96. The number of aliphatic hydroxyl groups is 1. The van der Waals surface area contributed by atoms with Crippen LogP contribution in [-0.2, 0) is 6.42 Å². The lowest BCUT2D eigenvalue weighted by Gasteiger charge is -2.21. The average molecular weight is 200 g/mol. The van der Waals surface area contributed by atoms with Gasteiger partial charge in [-0.2, -0.15) is 0 Å². The molecule has 0 aliphatic heterocycles. The lowest BCUT2D eigenvalue weighted by molar-refractivity contribution is 0.208. The van der Waals surface area contributed by atoms with Gasteiger partial charge in [-0.3, -0.25) is 0 Å². The fraction of sp³-hybridized carbons (Fsp3) is 0.400. The van der Waals surface area contributed by atoms with Gasteiger partial charge in [-0.15, -0.1) is 0 Å². The smallest absolute Gasteiger partial charge is 0.0611 e. The van der Waals surface area contributed by atoms with Crippen LogP contribution in [-0.4, -0.2) is 17.3 Å². The van der Waals surface area contributed by atoms with Crippen LogP contribution in [0.15, 0.2) is 24.3 Å². The van der Waals surface area contributed by atoms with E-state index in [4.69, 9.17) is 22.4 Å². The second-order valence-electron chi connectivity index (χ2n) is 3.62. The Morgan fingerprint density at radius 3 is 2.38 bits per heavy atom. The summed E-state index contributed by atoms with van der Waals surface area (Å²) in [6, 6.07) is 7.49. The van der Waals surface area contributed by atoms with Crippen molar-refractivity contribution in [1.82, 2.24) is 0 Å². The molecule has 1 unspecified atom stereocenters. The molecule has 0 aliphatic carbocycles. The predicted octanol–water partition coefficient (Wildman–Crippen LogP) is 1.59. The highest BCUT2D eigenvalue weighted by molar-refractivity contribution is 6.30. The van der Waals surface area contributed by atoms with Crippen molar-refractivity contribution in [1.29, 1.82) is 0 Å². The Hall–Kier alpha value is -0.570. The minimum absolute atomic E-state index is 0.0182. The van der Waals surface area contributed by atoms with E-state index < -0.39 is 5.54 Å². The van der Waals surface area contributed by atoms with E-state index in [0.29, 0.717) is 11.4 Å². The second-order valence-corrected chi connectivity index (χ2v) is 4.05. The Kier molecular flexibility index (Phi) is 3.31. The van der Waals surface area contributed by atoms with Crippen LogP contribution in [0.2, 0.25) is 5.02 Å². The number of rotatable bonds is 3. The summed E-state index contributed by atoms with van der Waals surface area (Å²) in [5, 5.41) is 9.67. The van der Waals surface area contributed by atoms with E-state index in [1.54, 1.807) is 0 Å². The molecule has 0 radical (unpaired) electrons. The van der Waals surface area contributed by atoms with Crippen LogP contribution >= 0.6 is 11.6 Å². The second kappa shape index (κ2) is 4.09. The third kappa shape index (κ3) is 3.35. The Bertz CT molecular complexity index is 269. The third-order valence-electron chi connectivity index (χ3n) is 1.88. The van der Waals surface area contributed by atoms with E-state index in [9.17, 15) is 0 Å². The number of hydrogen-bond acceptors (Lipinski definition) is 2. The zero-order valence-electron chi connectivity index (χ0n) is 7.63. The van der Waals surface area contributed by atoms with Crippen LogP contribution in [0.5, 0.6) is 0 Å². The van der Waals surface area contributed by atoms with Crippen molar-refractivity contribution in [2.24, 2.45) is 5.73 Å². The first-order valence-electron chi connectivity index (χ1n) is 4.18. The molecule has 1 aromatic carbocycles. The van der Waals surface area contributed by atoms with Crippen molar-refractivity contribution in [2.75, 3.05) is 6.61 Å². The summed E-state index contributed by atoms with van der Waals surface area (Å²) in [6.07, 6.45) is 0.653. The standard InChI is InChI=1S/C10H14ClNO/c1-10(12,7-13)6-8-2-4-9(11)5-3-8/h2-5,13H,6-7,12H2,1H3. The molecule has 13 heavy (non-hydrogen) atoms. The van der Waals surface area contributed by atoms with Crippen molar-refractivity contribution in [3.8, 4) is 0 Å². The zero-order valence-corrected chi connectivity index (χ0v) is 8.38. The van der Waals surface area contributed by atoms with Gasteiger partial charge in [-0.25, -0.2) is 0 Å².